The van der Waals surface area contributed by atoms with Gasteiger partial charge in [-0.05, 0) is 38.3 Å². The number of carbonyl (C=O) groups excluding carboxylic acids is 1. The average Bonchev–Trinajstić information content (AvgIpc) is 3.02. The largest absolute Gasteiger partial charge is 0.494 e. The lowest BCUT2D eigenvalue weighted by Crippen LogP contribution is -2.36. The summed E-state index contributed by atoms with van der Waals surface area (Å²) in [6, 6.07) is 5.29. The normalized spacial score (nSPS) is 16.2. The molecule has 1 aliphatic heterocycles. The molecule has 0 spiro atoms. The van der Waals surface area contributed by atoms with Crippen LogP contribution in [0.5, 0.6) is 5.75 Å². The number of ether oxygens (including phenoxy) is 1. The summed E-state index contributed by atoms with van der Waals surface area (Å²) in [5.74, 6) is 2.45. The molecule has 134 valence electrons. The van der Waals surface area contributed by atoms with E-state index in [1.165, 1.54) is 0 Å². The Morgan fingerprint density at radius 1 is 1.40 bits per heavy atom. The van der Waals surface area contributed by atoms with Crippen LogP contribution in [0.3, 0.4) is 0 Å². The molecule has 0 unspecified atom stereocenters. The Bertz CT molecular complexity index is 756. The fourth-order valence-electron chi connectivity index (χ4n) is 3.00. The lowest BCUT2D eigenvalue weighted by atomic mass is 10.1. The van der Waals surface area contributed by atoms with E-state index < -0.39 is 0 Å². The number of hydrogen-bond donors (Lipinski definition) is 2. The van der Waals surface area contributed by atoms with Gasteiger partial charge in [-0.25, -0.2) is 14.5 Å². The Balaban J connectivity index is 1.67. The third-order valence-corrected chi connectivity index (χ3v) is 4.29. The highest BCUT2D eigenvalue weighted by molar-refractivity contribution is 5.89. The molecule has 0 radical (unpaired) electrons. The zero-order valence-electron chi connectivity index (χ0n) is 15.0. The number of carbonyl (C=O) groups is 1. The highest BCUT2D eigenvalue weighted by Crippen LogP contribution is 2.25. The zero-order chi connectivity index (χ0) is 17.8. The molecule has 1 aliphatic rings. The second-order valence-electron chi connectivity index (χ2n) is 6.17. The van der Waals surface area contributed by atoms with Gasteiger partial charge in [0.2, 0.25) is 0 Å². The van der Waals surface area contributed by atoms with Crippen molar-refractivity contribution in [1.82, 2.24) is 20.1 Å². The smallest absolute Gasteiger partial charge is 0.319 e. The minimum atomic E-state index is -0.245. The van der Waals surface area contributed by atoms with Gasteiger partial charge in [0.25, 0.3) is 0 Å². The SMILES string of the molecule is CCOc1cc(NC(=O)N[C@H]2CCCn3nc(CC)nc32)ccc1C. The van der Waals surface area contributed by atoms with E-state index >= 15 is 0 Å². The number of rotatable bonds is 5. The van der Waals surface area contributed by atoms with Crippen LogP contribution in [-0.2, 0) is 13.0 Å². The Labute approximate surface area is 147 Å². The van der Waals surface area contributed by atoms with Crippen molar-refractivity contribution in [2.24, 2.45) is 0 Å². The Kier molecular flexibility index (Phi) is 5.21. The maximum Gasteiger partial charge on any atom is 0.319 e. The second-order valence-corrected chi connectivity index (χ2v) is 6.17. The van der Waals surface area contributed by atoms with E-state index in [2.05, 4.69) is 20.7 Å². The predicted molar refractivity (Wildman–Crippen MR) is 95.9 cm³/mol. The number of fused-ring (bicyclic) bond motifs is 1. The van der Waals surface area contributed by atoms with Crippen LogP contribution in [-0.4, -0.2) is 27.4 Å². The Hall–Kier alpha value is -2.57. The van der Waals surface area contributed by atoms with Gasteiger partial charge in [-0.3, -0.25) is 0 Å². The van der Waals surface area contributed by atoms with Gasteiger partial charge in [-0.1, -0.05) is 13.0 Å². The second kappa shape index (κ2) is 7.55. The van der Waals surface area contributed by atoms with Crippen LogP contribution in [0.2, 0.25) is 0 Å². The molecule has 0 fully saturated rings. The van der Waals surface area contributed by atoms with Crippen molar-refractivity contribution in [3.63, 3.8) is 0 Å². The van der Waals surface area contributed by atoms with Crippen molar-refractivity contribution < 1.29 is 9.53 Å². The molecule has 0 aliphatic carbocycles. The predicted octanol–water partition coefficient (Wildman–Crippen LogP) is 3.20. The molecule has 1 aromatic carbocycles. The summed E-state index contributed by atoms with van der Waals surface area (Å²) in [5.41, 5.74) is 1.75. The third kappa shape index (κ3) is 3.92. The van der Waals surface area contributed by atoms with E-state index in [1.54, 1.807) is 0 Å². The van der Waals surface area contributed by atoms with Gasteiger partial charge in [0.1, 0.15) is 11.6 Å². The highest BCUT2D eigenvalue weighted by atomic mass is 16.5. The number of nitrogens with zero attached hydrogens (tertiary/aromatic N) is 3. The lowest BCUT2D eigenvalue weighted by molar-refractivity contribution is 0.244. The number of urea groups is 1. The van der Waals surface area contributed by atoms with Crippen molar-refractivity contribution in [3.05, 3.63) is 35.4 Å². The van der Waals surface area contributed by atoms with E-state index in [4.69, 9.17) is 4.74 Å². The van der Waals surface area contributed by atoms with Crippen LogP contribution in [0.15, 0.2) is 18.2 Å². The van der Waals surface area contributed by atoms with Gasteiger partial charge in [0, 0.05) is 24.7 Å². The molecule has 7 nitrogen and oxygen atoms in total. The molecule has 2 heterocycles. The monoisotopic (exact) mass is 343 g/mol. The molecule has 1 atom stereocenters. The third-order valence-electron chi connectivity index (χ3n) is 4.29. The van der Waals surface area contributed by atoms with Gasteiger partial charge in [-0.2, -0.15) is 5.10 Å². The number of nitrogens with one attached hydrogen (secondary N) is 2. The standard InChI is InChI=1S/C18H25N5O2/c1-4-16-21-17-14(7-6-10-23(17)22-16)20-18(24)19-13-9-8-12(3)15(11-13)25-5-2/h8-9,11,14H,4-7,10H2,1-3H3,(H2,19,20,24)/t14-/m0/s1. The van der Waals surface area contributed by atoms with Crippen LogP contribution in [0.25, 0.3) is 0 Å². The fraction of sp³-hybridized carbons (Fsp3) is 0.500. The molecule has 2 amide bonds. The molecular formula is C18H25N5O2. The maximum atomic E-state index is 12.4. The van der Waals surface area contributed by atoms with Crippen molar-refractivity contribution >= 4 is 11.7 Å². The number of amides is 2. The maximum absolute atomic E-state index is 12.4. The molecule has 2 aromatic rings. The number of aromatic nitrogens is 3. The molecule has 3 rings (SSSR count). The Morgan fingerprint density at radius 2 is 2.24 bits per heavy atom. The van der Waals surface area contributed by atoms with Gasteiger partial charge in [-0.15, -0.1) is 0 Å². The van der Waals surface area contributed by atoms with Gasteiger partial charge >= 0.3 is 6.03 Å². The van der Waals surface area contributed by atoms with Gasteiger partial charge < -0.3 is 15.4 Å². The first-order chi connectivity index (χ1) is 12.1. The van der Waals surface area contributed by atoms with E-state index in [-0.39, 0.29) is 12.1 Å². The molecule has 25 heavy (non-hydrogen) atoms. The summed E-state index contributed by atoms with van der Waals surface area (Å²) in [5, 5.41) is 10.4. The van der Waals surface area contributed by atoms with E-state index in [0.29, 0.717) is 12.3 Å². The quantitative estimate of drug-likeness (QED) is 0.873. The van der Waals surface area contributed by atoms with Crippen molar-refractivity contribution in [2.45, 2.75) is 52.6 Å². The Morgan fingerprint density at radius 3 is 3.00 bits per heavy atom. The summed E-state index contributed by atoms with van der Waals surface area (Å²) in [6.45, 7) is 7.40. The van der Waals surface area contributed by atoms with Gasteiger partial charge in [0.05, 0.1) is 12.6 Å². The highest BCUT2D eigenvalue weighted by Gasteiger charge is 2.25. The molecular weight excluding hydrogens is 318 g/mol. The molecule has 1 aromatic heterocycles. The van der Waals surface area contributed by atoms with Crippen LogP contribution in [0, 0.1) is 6.92 Å². The summed E-state index contributed by atoms with van der Waals surface area (Å²) in [4.78, 5) is 17.0. The van der Waals surface area contributed by atoms with Crippen LogP contribution < -0.4 is 15.4 Å². The summed E-state index contributed by atoms with van der Waals surface area (Å²) < 4.78 is 7.49. The first-order valence-corrected chi connectivity index (χ1v) is 8.85. The number of aryl methyl sites for hydroxylation is 3. The summed E-state index contributed by atoms with van der Waals surface area (Å²) >= 11 is 0. The summed E-state index contributed by atoms with van der Waals surface area (Å²) in [7, 11) is 0. The average molecular weight is 343 g/mol. The molecule has 0 saturated heterocycles. The first-order valence-electron chi connectivity index (χ1n) is 8.85. The van der Waals surface area contributed by atoms with Crippen molar-refractivity contribution in [3.8, 4) is 5.75 Å². The first kappa shape index (κ1) is 17.3. The van der Waals surface area contributed by atoms with E-state index in [9.17, 15) is 4.79 Å². The molecule has 0 bridgehead atoms. The minimum Gasteiger partial charge on any atom is -0.494 e. The van der Waals surface area contributed by atoms with Crippen molar-refractivity contribution in [1.29, 1.82) is 0 Å². The summed E-state index contributed by atoms with van der Waals surface area (Å²) in [6.07, 6.45) is 2.64. The topological polar surface area (TPSA) is 81.1 Å². The van der Waals surface area contributed by atoms with Crippen LogP contribution in [0.1, 0.15) is 49.9 Å². The number of hydrogen-bond acceptors (Lipinski definition) is 4. The fourth-order valence-corrected chi connectivity index (χ4v) is 3.00. The van der Waals surface area contributed by atoms with Crippen molar-refractivity contribution in [2.75, 3.05) is 11.9 Å². The lowest BCUT2D eigenvalue weighted by Gasteiger charge is -2.23. The minimum absolute atomic E-state index is 0.113. The molecule has 0 saturated carbocycles. The van der Waals surface area contributed by atoms with Crippen LogP contribution >= 0.6 is 0 Å². The van der Waals surface area contributed by atoms with E-state index in [1.807, 2.05) is 43.7 Å². The zero-order valence-corrected chi connectivity index (χ0v) is 15.0. The molecule has 2 N–H and O–H groups in total. The number of benzene rings is 1. The molecule has 7 heteroatoms. The van der Waals surface area contributed by atoms with E-state index in [0.717, 1.165) is 48.8 Å². The van der Waals surface area contributed by atoms with Crippen LogP contribution in [0.4, 0.5) is 10.5 Å². The van der Waals surface area contributed by atoms with Gasteiger partial charge in [0.15, 0.2) is 5.82 Å². The number of anilines is 1.